The highest BCUT2D eigenvalue weighted by Crippen LogP contribution is 2.47. The van der Waals surface area contributed by atoms with E-state index in [1.165, 1.54) is 23.0 Å². The van der Waals surface area contributed by atoms with E-state index in [1.54, 1.807) is 19.2 Å². The van der Waals surface area contributed by atoms with E-state index in [9.17, 15) is 14.4 Å². The van der Waals surface area contributed by atoms with Gasteiger partial charge in [-0.3, -0.25) is 24.1 Å². The number of para-hydroxylation sites is 1. The molecule has 0 radical (unpaired) electrons. The van der Waals surface area contributed by atoms with Crippen LogP contribution in [0.4, 0.5) is 5.69 Å². The Labute approximate surface area is 216 Å². The van der Waals surface area contributed by atoms with Crippen LogP contribution < -0.4 is 10.1 Å². The lowest BCUT2D eigenvalue weighted by molar-refractivity contribution is -0.136. The maximum Gasteiger partial charge on any atom is 0.302 e. The van der Waals surface area contributed by atoms with Crippen LogP contribution in [0.15, 0.2) is 42.5 Å². The number of nitrogens with one attached hydrogen (secondary N) is 1. The second-order valence-electron chi connectivity index (χ2n) is 9.77. The fraction of sp³-hybridized carbons (Fsp3) is 0.407. The number of hydrogen-bond donors (Lipinski definition) is 1. The number of anilines is 1. The molecule has 2 aliphatic heterocycles. The lowest BCUT2D eigenvalue weighted by Gasteiger charge is -2.32. The molecule has 3 amide bonds. The number of halogens is 1. The van der Waals surface area contributed by atoms with Crippen LogP contribution >= 0.6 is 11.6 Å². The zero-order chi connectivity index (χ0) is 26.2. The van der Waals surface area contributed by atoms with Crippen molar-refractivity contribution in [1.82, 2.24) is 9.80 Å². The monoisotopic (exact) mass is 508 g/mol. The fourth-order valence-electron chi connectivity index (χ4n) is 5.20. The summed E-state index contributed by atoms with van der Waals surface area (Å²) in [4.78, 5) is 47.2. The van der Waals surface area contributed by atoms with Crippen LogP contribution in [0.1, 0.15) is 42.6 Å². The number of likely N-dealkylation sites (tertiary alicyclic amines) is 1. The molecule has 0 saturated carbocycles. The zero-order valence-electron chi connectivity index (χ0n) is 20.7. The number of fused-ring (bicyclic) bond motifs is 2. The van der Waals surface area contributed by atoms with Crippen LogP contribution in [0.2, 0.25) is 5.02 Å². The molecule has 1 spiro atoms. The summed E-state index contributed by atoms with van der Waals surface area (Å²) < 4.78 is 5.35. The van der Waals surface area contributed by atoms with Crippen LogP contribution in [0.3, 0.4) is 0 Å². The number of benzene rings is 2. The molecule has 0 aliphatic carbocycles. The molecule has 3 atom stereocenters. The molecule has 0 bridgehead atoms. The van der Waals surface area contributed by atoms with Crippen molar-refractivity contribution in [2.45, 2.75) is 44.3 Å². The van der Waals surface area contributed by atoms with Crippen molar-refractivity contribution < 1.29 is 19.1 Å². The highest BCUT2D eigenvalue weighted by molar-refractivity contribution is 6.31. The second kappa shape index (κ2) is 9.82. The molecule has 1 N–H and O–H groups in total. The molecule has 4 rings (SSSR count). The first kappa shape index (κ1) is 25.5. The number of rotatable bonds is 6. The van der Waals surface area contributed by atoms with Gasteiger partial charge in [-0.2, -0.15) is 0 Å². The first-order valence-electron chi connectivity index (χ1n) is 11.8. The Morgan fingerprint density at radius 2 is 2.03 bits per heavy atom. The van der Waals surface area contributed by atoms with E-state index in [1.807, 2.05) is 38.1 Å². The van der Waals surface area contributed by atoms with E-state index in [0.29, 0.717) is 22.9 Å². The molecule has 36 heavy (non-hydrogen) atoms. The van der Waals surface area contributed by atoms with E-state index >= 15 is 0 Å². The molecule has 9 heteroatoms. The number of ether oxygens (including phenoxy) is 1. The highest BCUT2D eigenvalue weighted by atomic mass is 35.5. The van der Waals surface area contributed by atoms with Crippen molar-refractivity contribution in [3.8, 4) is 5.75 Å². The van der Waals surface area contributed by atoms with E-state index < -0.39 is 23.5 Å². The van der Waals surface area contributed by atoms with Gasteiger partial charge in [0.1, 0.15) is 17.2 Å². The predicted molar refractivity (Wildman–Crippen MR) is 137 cm³/mol. The summed E-state index contributed by atoms with van der Waals surface area (Å²) in [5.41, 5.74) is 0.771. The number of likely N-dealkylation sites (N-methyl/N-ethyl adjacent to an activating group) is 1. The van der Waals surface area contributed by atoms with Gasteiger partial charge in [0.25, 0.3) is 11.8 Å². The molecule has 0 unspecified atom stereocenters. The molecular formula is C27H29ClN4O4. The van der Waals surface area contributed by atoms with Crippen molar-refractivity contribution in [2.75, 3.05) is 26.0 Å². The largest absolute Gasteiger partial charge is 0.496 e. The summed E-state index contributed by atoms with van der Waals surface area (Å²) in [7, 11) is 3.04. The van der Waals surface area contributed by atoms with Crippen LogP contribution in [-0.2, 0) is 15.0 Å². The lowest BCUT2D eigenvalue weighted by Crippen LogP contribution is -2.51. The smallest absolute Gasteiger partial charge is 0.302 e. The minimum atomic E-state index is -0.984. The third-order valence-electron chi connectivity index (χ3n) is 7.05. The van der Waals surface area contributed by atoms with Crippen LogP contribution in [0.25, 0.3) is 4.85 Å². The van der Waals surface area contributed by atoms with Gasteiger partial charge in [0.15, 0.2) is 0 Å². The summed E-state index contributed by atoms with van der Waals surface area (Å²) >= 11 is 6.14. The quantitative estimate of drug-likeness (QED) is 0.593. The third kappa shape index (κ3) is 4.28. The SMILES string of the molecule is [C-]#[N+][C@@H]1C[C@@]2(CN1C(=O)[C@H](CC(C)C)N(C)C(=O)c1cc(Cl)ccc1OC)C(=O)Nc1ccccc12. The number of hydrogen-bond acceptors (Lipinski definition) is 4. The maximum absolute atomic E-state index is 14.0. The Morgan fingerprint density at radius 1 is 1.31 bits per heavy atom. The topological polar surface area (TPSA) is 83.3 Å². The van der Waals surface area contributed by atoms with Crippen molar-refractivity contribution in [3.63, 3.8) is 0 Å². The molecule has 188 valence electrons. The van der Waals surface area contributed by atoms with Gasteiger partial charge in [-0.05, 0) is 42.2 Å². The normalized spacial score (nSPS) is 21.2. The van der Waals surface area contributed by atoms with Gasteiger partial charge < -0.3 is 15.0 Å². The number of nitrogens with zero attached hydrogens (tertiary/aromatic N) is 3. The van der Waals surface area contributed by atoms with E-state index in [-0.39, 0.29) is 36.3 Å². The van der Waals surface area contributed by atoms with Crippen molar-refractivity contribution in [2.24, 2.45) is 5.92 Å². The van der Waals surface area contributed by atoms with E-state index in [0.717, 1.165) is 5.56 Å². The van der Waals surface area contributed by atoms with E-state index in [2.05, 4.69) is 10.2 Å². The van der Waals surface area contributed by atoms with Crippen molar-refractivity contribution in [1.29, 1.82) is 0 Å². The van der Waals surface area contributed by atoms with Gasteiger partial charge in [-0.1, -0.05) is 43.6 Å². The van der Waals surface area contributed by atoms with Crippen LogP contribution in [0.5, 0.6) is 5.75 Å². The summed E-state index contributed by atoms with van der Waals surface area (Å²) in [6, 6.07) is 11.3. The minimum absolute atomic E-state index is 0.0822. The molecule has 2 aromatic rings. The summed E-state index contributed by atoms with van der Waals surface area (Å²) in [6.45, 7) is 11.8. The van der Waals surface area contributed by atoms with Crippen LogP contribution in [0, 0.1) is 12.5 Å². The number of carbonyl (C=O) groups excluding carboxylic acids is 3. The Bertz CT molecular complexity index is 1260. The summed E-state index contributed by atoms with van der Waals surface area (Å²) in [6.07, 6.45) is -0.214. The fourth-order valence-corrected chi connectivity index (χ4v) is 5.37. The van der Waals surface area contributed by atoms with Gasteiger partial charge in [-0.25, -0.2) is 6.57 Å². The second-order valence-corrected chi connectivity index (χ2v) is 10.2. The molecule has 0 aromatic heterocycles. The molecule has 1 fully saturated rings. The minimum Gasteiger partial charge on any atom is -0.496 e. The summed E-state index contributed by atoms with van der Waals surface area (Å²) in [5.74, 6) is -0.526. The summed E-state index contributed by atoms with van der Waals surface area (Å²) in [5, 5.41) is 3.28. The zero-order valence-corrected chi connectivity index (χ0v) is 21.5. The Hall–Kier alpha value is -3.57. The van der Waals surface area contributed by atoms with Crippen LogP contribution in [-0.4, -0.2) is 60.4 Å². The predicted octanol–water partition coefficient (Wildman–Crippen LogP) is 4.20. The number of carbonyl (C=O) groups is 3. The molecular weight excluding hydrogens is 480 g/mol. The lowest BCUT2D eigenvalue weighted by atomic mass is 9.80. The Balaban J connectivity index is 1.68. The van der Waals surface area contributed by atoms with Gasteiger partial charge >= 0.3 is 6.17 Å². The Kier molecular flexibility index (Phi) is 6.96. The molecule has 1 saturated heterocycles. The van der Waals surface area contributed by atoms with Crippen molar-refractivity contribution >= 4 is 35.0 Å². The van der Waals surface area contributed by atoms with Gasteiger partial charge in [-0.15, -0.1) is 0 Å². The highest BCUT2D eigenvalue weighted by Gasteiger charge is 2.59. The first-order valence-corrected chi connectivity index (χ1v) is 12.2. The van der Waals surface area contributed by atoms with Gasteiger partial charge in [0.05, 0.1) is 19.1 Å². The van der Waals surface area contributed by atoms with E-state index in [4.69, 9.17) is 22.9 Å². The van der Waals surface area contributed by atoms with Gasteiger partial charge in [0.2, 0.25) is 5.91 Å². The molecule has 2 heterocycles. The maximum atomic E-state index is 14.0. The Morgan fingerprint density at radius 3 is 2.69 bits per heavy atom. The number of amides is 3. The van der Waals surface area contributed by atoms with Gasteiger partial charge in [0, 0.05) is 24.3 Å². The molecule has 8 nitrogen and oxygen atoms in total. The average molecular weight is 509 g/mol. The average Bonchev–Trinajstić information content (AvgIpc) is 3.39. The standard InChI is InChI=1S/C27H29ClN4O4/c1-16(2)12-21(31(4)24(33)18-13-17(28)10-11-22(18)36-5)25(34)32-15-27(14-23(32)29-3)19-8-6-7-9-20(19)30-26(27)35/h6-11,13,16,21,23H,12,14-15H2,1-2,4-5H3,(H,30,35)/t21-,23-,27-/m0/s1. The first-order chi connectivity index (χ1) is 17.1. The van der Waals surface area contributed by atoms with Crippen molar-refractivity contribution in [3.05, 3.63) is 70.0 Å². The molecule has 2 aromatic carbocycles. The molecule has 2 aliphatic rings. The number of methoxy groups -OCH3 is 1. The third-order valence-corrected chi connectivity index (χ3v) is 7.28.